The van der Waals surface area contributed by atoms with Crippen LogP contribution in [0.3, 0.4) is 0 Å². The molecule has 0 aromatic heterocycles. The van der Waals surface area contributed by atoms with Crippen LogP contribution in [-0.4, -0.2) is 35.5 Å². The van der Waals surface area contributed by atoms with E-state index in [1.165, 1.54) is 0 Å². The summed E-state index contributed by atoms with van der Waals surface area (Å²) >= 11 is 1.71. The fraction of sp³-hybridized carbons (Fsp3) is 0.818. The fourth-order valence-corrected chi connectivity index (χ4v) is 2.58. The number of amides is 1. The molecule has 0 spiro atoms. The highest BCUT2D eigenvalue weighted by atomic mass is 32.2. The highest BCUT2D eigenvalue weighted by Gasteiger charge is 2.18. The molecule has 0 aromatic rings. The summed E-state index contributed by atoms with van der Waals surface area (Å²) in [5.74, 6) is 1.12. The molecule has 1 aliphatic rings. The standard InChI is InChI=1S/C11H21N3OS/c1-4-9-6-7-16-11(14-9)13-8(3)10(15)12-5-2/h8-9H,4-7H2,1-3H3,(H,12,15)(H,13,14). The van der Waals surface area contributed by atoms with E-state index in [2.05, 4.69) is 22.5 Å². The number of nitrogens with zero attached hydrogens (tertiary/aromatic N) is 1. The monoisotopic (exact) mass is 243 g/mol. The van der Waals surface area contributed by atoms with E-state index in [9.17, 15) is 4.79 Å². The molecule has 16 heavy (non-hydrogen) atoms. The van der Waals surface area contributed by atoms with Crippen molar-refractivity contribution in [1.82, 2.24) is 10.6 Å². The predicted molar refractivity (Wildman–Crippen MR) is 69.9 cm³/mol. The number of hydrogen-bond acceptors (Lipinski definition) is 4. The van der Waals surface area contributed by atoms with Crippen molar-refractivity contribution in [2.45, 2.75) is 45.7 Å². The molecule has 1 amide bonds. The Hall–Kier alpha value is -0.710. The lowest BCUT2D eigenvalue weighted by atomic mass is 10.2. The number of carbonyl (C=O) groups is 1. The van der Waals surface area contributed by atoms with E-state index in [0.717, 1.165) is 23.8 Å². The van der Waals surface area contributed by atoms with Gasteiger partial charge in [0.1, 0.15) is 6.04 Å². The van der Waals surface area contributed by atoms with Crippen LogP contribution in [0.2, 0.25) is 0 Å². The van der Waals surface area contributed by atoms with Gasteiger partial charge in [0.25, 0.3) is 0 Å². The van der Waals surface area contributed by atoms with Gasteiger partial charge >= 0.3 is 0 Å². The number of hydrogen-bond donors (Lipinski definition) is 2. The molecule has 0 aliphatic carbocycles. The Morgan fingerprint density at radius 1 is 1.62 bits per heavy atom. The Morgan fingerprint density at radius 3 is 3.00 bits per heavy atom. The zero-order valence-electron chi connectivity index (χ0n) is 10.2. The first-order valence-corrected chi connectivity index (χ1v) is 6.90. The molecule has 0 radical (unpaired) electrons. The third-order valence-electron chi connectivity index (χ3n) is 2.55. The summed E-state index contributed by atoms with van der Waals surface area (Å²) in [6.45, 7) is 6.60. The Morgan fingerprint density at radius 2 is 2.38 bits per heavy atom. The number of thioether (sulfide) groups is 1. The molecule has 1 rings (SSSR count). The molecular formula is C11H21N3OS. The molecule has 0 fully saturated rings. The van der Waals surface area contributed by atoms with Gasteiger partial charge in [-0.05, 0) is 26.7 Å². The van der Waals surface area contributed by atoms with Crippen LogP contribution in [0.1, 0.15) is 33.6 Å². The van der Waals surface area contributed by atoms with Crippen LogP contribution in [0.25, 0.3) is 0 Å². The van der Waals surface area contributed by atoms with Crippen LogP contribution in [0.5, 0.6) is 0 Å². The van der Waals surface area contributed by atoms with E-state index in [1.807, 2.05) is 13.8 Å². The molecule has 0 aromatic carbocycles. The van der Waals surface area contributed by atoms with Gasteiger partial charge in [0.2, 0.25) is 5.91 Å². The van der Waals surface area contributed by atoms with Crippen molar-refractivity contribution < 1.29 is 4.79 Å². The number of likely N-dealkylation sites (N-methyl/N-ethyl adjacent to an activating group) is 1. The summed E-state index contributed by atoms with van der Waals surface area (Å²) in [5.41, 5.74) is 0. The largest absolute Gasteiger partial charge is 0.355 e. The maximum absolute atomic E-state index is 11.5. The molecule has 2 unspecified atom stereocenters. The van der Waals surface area contributed by atoms with E-state index in [0.29, 0.717) is 12.6 Å². The molecule has 0 bridgehead atoms. The van der Waals surface area contributed by atoms with Crippen molar-refractivity contribution in [1.29, 1.82) is 0 Å². The SMILES string of the molecule is CCNC(=O)C(C)NC1=NC(CC)CCS1. The first-order valence-electron chi connectivity index (χ1n) is 5.92. The normalized spacial score (nSPS) is 22.2. The smallest absolute Gasteiger partial charge is 0.242 e. The fourth-order valence-electron chi connectivity index (χ4n) is 1.51. The highest BCUT2D eigenvalue weighted by Crippen LogP contribution is 2.18. The second-order valence-electron chi connectivity index (χ2n) is 3.89. The summed E-state index contributed by atoms with van der Waals surface area (Å²) in [4.78, 5) is 16.1. The number of amidine groups is 1. The molecule has 2 atom stereocenters. The number of nitrogens with one attached hydrogen (secondary N) is 2. The van der Waals surface area contributed by atoms with E-state index in [1.54, 1.807) is 11.8 Å². The van der Waals surface area contributed by atoms with Crippen LogP contribution in [0, 0.1) is 0 Å². The second kappa shape index (κ2) is 6.78. The molecule has 5 heteroatoms. The van der Waals surface area contributed by atoms with E-state index in [4.69, 9.17) is 0 Å². The molecule has 0 saturated carbocycles. The molecule has 4 nitrogen and oxygen atoms in total. The van der Waals surface area contributed by atoms with Gasteiger partial charge in [-0.3, -0.25) is 9.79 Å². The minimum atomic E-state index is -0.207. The average Bonchev–Trinajstić information content (AvgIpc) is 2.29. The Balaban J connectivity index is 2.46. The van der Waals surface area contributed by atoms with E-state index >= 15 is 0 Å². The number of rotatable bonds is 4. The summed E-state index contributed by atoms with van der Waals surface area (Å²) < 4.78 is 0. The lowest BCUT2D eigenvalue weighted by Gasteiger charge is -2.22. The van der Waals surface area contributed by atoms with Crippen LogP contribution < -0.4 is 10.6 Å². The van der Waals surface area contributed by atoms with Crippen molar-refractivity contribution in [2.75, 3.05) is 12.3 Å². The van der Waals surface area contributed by atoms with Gasteiger partial charge in [-0.15, -0.1) is 0 Å². The third kappa shape index (κ3) is 4.04. The van der Waals surface area contributed by atoms with E-state index in [-0.39, 0.29) is 11.9 Å². The van der Waals surface area contributed by atoms with Gasteiger partial charge in [-0.2, -0.15) is 0 Å². The van der Waals surface area contributed by atoms with Crippen LogP contribution in [0.15, 0.2) is 4.99 Å². The number of carbonyl (C=O) groups excluding carboxylic acids is 1. The van der Waals surface area contributed by atoms with Gasteiger partial charge in [-0.1, -0.05) is 18.7 Å². The highest BCUT2D eigenvalue weighted by molar-refractivity contribution is 8.13. The predicted octanol–water partition coefficient (Wildman–Crippen LogP) is 1.37. The van der Waals surface area contributed by atoms with Gasteiger partial charge < -0.3 is 10.6 Å². The Kier molecular flexibility index (Phi) is 5.66. The molecule has 2 N–H and O–H groups in total. The summed E-state index contributed by atoms with van der Waals surface area (Å²) in [6.07, 6.45) is 2.21. The van der Waals surface area contributed by atoms with Crippen molar-refractivity contribution in [3.05, 3.63) is 0 Å². The van der Waals surface area contributed by atoms with Crippen LogP contribution in [0.4, 0.5) is 0 Å². The summed E-state index contributed by atoms with van der Waals surface area (Å²) in [7, 11) is 0. The first kappa shape index (κ1) is 13.4. The third-order valence-corrected chi connectivity index (χ3v) is 3.48. The van der Waals surface area contributed by atoms with Crippen molar-refractivity contribution in [3.8, 4) is 0 Å². The van der Waals surface area contributed by atoms with Crippen molar-refractivity contribution in [2.24, 2.45) is 4.99 Å². The Labute approximate surface area is 102 Å². The van der Waals surface area contributed by atoms with Crippen LogP contribution in [-0.2, 0) is 4.79 Å². The molecule has 1 aliphatic heterocycles. The topological polar surface area (TPSA) is 53.5 Å². The van der Waals surface area contributed by atoms with Crippen molar-refractivity contribution >= 4 is 22.8 Å². The quantitative estimate of drug-likeness (QED) is 0.784. The molecular weight excluding hydrogens is 222 g/mol. The van der Waals surface area contributed by atoms with Gasteiger partial charge in [0.15, 0.2) is 5.17 Å². The second-order valence-corrected chi connectivity index (χ2v) is 4.98. The summed E-state index contributed by atoms with van der Waals surface area (Å²) in [5, 5.41) is 6.88. The van der Waals surface area contributed by atoms with Gasteiger partial charge in [0.05, 0.1) is 6.04 Å². The van der Waals surface area contributed by atoms with E-state index < -0.39 is 0 Å². The minimum absolute atomic E-state index is 0.0319. The Bertz CT molecular complexity index is 268. The molecule has 1 heterocycles. The first-order chi connectivity index (χ1) is 7.67. The van der Waals surface area contributed by atoms with Crippen molar-refractivity contribution in [3.63, 3.8) is 0 Å². The number of aliphatic imine (C=N–C) groups is 1. The van der Waals surface area contributed by atoms with Gasteiger partial charge in [0, 0.05) is 12.3 Å². The lowest BCUT2D eigenvalue weighted by Crippen LogP contribution is -2.44. The maximum atomic E-state index is 11.5. The molecule has 0 saturated heterocycles. The zero-order chi connectivity index (χ0) is 12.0. The van der Waals surface area contributed by atoms with Gasteiger partial charge in [-0.25, -0.2) is 0 Å². The minimum Gasteiger partial charge on any atom is -0.355 e. The van der Waals surface area contributed by atoms with Crippen LogP contribution >= 0.6 is 11.8 Å². The molecule has 92 valence electrons. The maximum Gasteiger partial charge on any atom is 0.242 e. The zero-order valence-corrected chi connectivity index (χ0v) is 11.1. The average molecular weight is 243 g/mol. The summed E-state index contributed by atoms with van der Waals surface area (Å²) in [6, 6.07) is 0.215. The lowest BCUT2D eigenvalue weighted by molar-refractivity contribution is -0.122.